The summed E-state index contributed by atoms with van der Waals surface area (Å²) < 4.78 is 1.18. The lowest BCUT2D eigenvalue weighted by Crippen LogP contribution is -2.38. The van der Waals surface area contributed by atoms with E-state index >= 15 is 0 Å². The van der Waals surface area contributed by atoms with Crippen molar-refractivity contribution in [2.45, 2.75) is 61.1 Å². The molecule has 128 valence electrons. The third-order valence-corrected chi connectivity index (χ3v) is 6.70. The summed E-state index contributed by atoms with van der Waals surface area (Å²) in [5.41, 5.74) is 2.23. The van der Waals surface area contributed by atoms with Crippen molar-refractivity contribution in [3.05, 3.63) is 41.2 Å². The second kappa shape index (κ2) is 8.62. The Morgan fingerprint density at radius 1 is 1.38 bits per heavy atom. The quantitative estimate of drug-likeness (QED) is 0.845. The van der Waals surface area contributed by atoms with Gasteiger partial charge in [0.25, 0.3) is 0 Å². The number of carbonyl (C=O) groups excluding carboxylic acids is 1. The third-order valence-electron chi connectivity index (χ3n) is 4.27. The molecule has 0 radical (unpaired) electrons. The van der Waals surface area contributed by atoms with Crippen LogP contribution in [-0.4, -0.2) is 27.2 Å². The number of hydrogen-bond donors (Lipinski definition) is 1. The molecule has 1 amide bonds. The van der Waals surface area contributed by atoms with Crippen molar-refractivity contribution in [2.75, 3.05) is 0 Å². The lowest BCUT2D eigenvalue weighted by atomic mass is 9.95. The molecule has 1 aliphatic rings. The number of carbonyl (C=O) groups is 1. The molecule has 1 aliphatic carbocycles. The normalized spacial score (nSPS) is 20.7. The number of thioether (sulfide) groups is 1. The first kappa shape index (κ1) is 17.4. The molecule has 0 saturated heterocycles. The van der Waals surface area contributed by atoms with Gasteiger partial charge in [-0.05, 0) is 50.7 Å². The number of thiazole rings is 1. The van der Waals surface area contributed by atoms with Gasteiger partial charge in [-0.2, -0.15) is 0 Å². The Bertz CT molecular complexity index is 651. The Labute approximate surface area is 151 Å². The van der Waals surface area contributed by atoms with Crippen molar-refractivity contribution in [3.8, 4) is 0 Å². The van der Waals surface area contributed by atoms with E-state index in [1.54, 1.807) is 17.5 Å². The van der Waals surface area contributed by atoms with Crippen LogP contribution in [0.2, 0.25) is 0 Å². The molecular weight excluding hydrogens is 338 g/mol. The van der Waals surface area contributed by atoms with Crippen LogP contribution < -0.4 is 5.32 Å². The average Bonchev–Trinajstić information content (AvgIpc) is 3.01. The summed E-state index contributed by atoms with van der Waals surface area (Å²) in [6.07, 6.45) is 9.32. The topological polar surface area (TPSA) is 54.9 Å². The van der Waals surface area contributed by atoms with Crippen LogP contribution in [-0.2, 0) is 11.2 Å². The van der Waals surface area contributed by atoms with Crippen LogP contribution in [0.3, 0.4) is 0 Å². The highest BCUT2D eigenvalue weighted by Crippen LogP contribution is 2.35. The van der Waals surface area contributed by atoms with Crippen molar-refractivity contribution in [1.82, 2.24) is 15.3 Å². The number of pyridine rings is 1. The summed E-state index contributed by atoms with van der Waals surface area (Å²) in [6.45, 7) is 2.04. The number of amides is 1. The van der Waals surface area contributed by atoms with E-state index in [-0.39, 0.29) is 5.91 Å². The molecule has 1 saturated carbocycles. The Balaban J connectivity index is 1.36. The molecule has 1 N–H and O–H groups in total. The Kier molecular flexibility index (Phi) is 6.26. The molecule has 0 atom stereocenters. The van der Waals surface area contributed by atoms with E-state index in [1.807, 2.05) is 37.0 Å². The van der Waals surface area contributed by atoms with E-state index in [1.165, 1.54) is 4.34 Å². The molecular formula is C18H23N3OS2. The lowest BCUT2D eigenvalue weighted by Gasteiger charge is -2.28. The number of nitrogens with zero attached hydrogens (tertiary/aromatic N) is 2. The predicted molar refractivity (Wildman–Crippen MR) is 99.5 cm³/mol. The number of rotatable bonds is 6. The van der Waals surface area contributed by atoms with E-state index in [2.05, 4.69) is 20.7 Å². The molecule has 2 aromatic heterocycles. The maximum Gasteiger partial charge on any atom is 0.220 e. The zero-order valence-corrected chi connectivity index (χ0v) is 15.5. The summed E-state index contributed by atoms with van der Waals surface area (Å²) in [4.78, 5) is 20.7. The first-order valence-corrected chi connectivity index (χ1v) is 10.2. The average molecular weight is 362 g/mol. The summed E-state index contributed by atoms with van der Waals surface area (Å²) in [6, 6.07) is 4.26. The standard InChI is InChI=1S/C18H23N3OS2/c1-13-12-23-18(20-13)24-16-7-5-15(6-8-16)21-17(22)9-4-14-3-2-10-19-11-14/h2-3,10-12,15-16H,4-9H2,1H3,(H,21,22). The van der Waals surface area contributed by atoms with E-state index < -0.39 is 0 Å². The minimum absolute atomic E-state index is 0.158. The fourth-order valence-corrected chi connectivity index (χ4v) is 5.24. The van der Waals surface area contributed by atoms with E-state index in [0.29, 0.717) is 17.7 Å². The van der Waals surface area contributed by atoms with Crippen LogP contribution in [0.5, 0.6) is 0 Å². The van der Waals surface area contributed by atoms with Gasteiger partial charge in [-0.1, -0.05) is 17.8 Å². The van der Waals surface area contributed by atoms with E-state index in [0.717, 1.165) is 43.4 Å². The Hall–Kier alpha value is -1.40. The van der Waals surface area contributed by atoms with Crippen LogP contribution in [0.15, 0.2) is 34.2 Å². The highest BCUT2D eigenvalue weighted by Gasteiger charge is 2.23. The van der Waals surface area contributed by atoms with Gasteiger partial charge in [0.2, 0.25) is 5.91 Å². The molecule has 3 rings (SSSR count). The predicted octanol–water partition coefficient (Wildman–Crippen LogP) is 4.00. The zero-order valence-electron chi connectivity index (χ0n) is 13.9. The first-order valence-electron chi connectivity index (χ1n) is 8.46. The van der Waals surface area contributed by atoms with Gasteiger partial charge in [-0.25, -0.2) is 4.98 Å². The molecule has 4 nitrogen and oxygen atoms in total. The van der Waals surface area contributed by atoms with Crippen molar-refractivity contribution in [3.63, 3.8) is 0 Å². The summed E-state index contributed by atoms with van der Waals surface area (Å²) in [7, 11) is 0. The number of aromatic nitrogens is 2. The maximum absolute atomic E-state index is 12.1. The molecule has 0 aromatic carbocycles. The number of aryl methyl sites for hydroxylation is 2. The second-order valence-electron chi connectivity index (χ2n) is 6.28. The number of nitrogens with one attached hydrogen (secondary N) is 1. The second-order valence-corrected chi connectivity index (χ2v) is 8.68. The van der Waals surface area contributed by atoms with E-state index in [9.17, 15) is 4.79 Å². The van der Waals surface area contributed by atoms with Crippen LogP contribution in [0, 0.1) is 6.92 Å². The fourth-order valence-electron chi connectivity index (χ4n) is 2.96. The molecule has 6 heteroatoms. The fraction of sp³-hybridized carbons (Fsp3) is 0.500. The van der Waals surface area contributed by atoms with Crippen molar-refractivity contribution < 1.29 is 4.79 Å². The molecule has 0 unspecified atom stereocenters. The van der Waals surface area contributed by atoms with Crippen molar-refractivity contribution in [2.24, 2.45) is 0 Å². The van der Waals surface area contributed by atoms with Crippen molar-refractivity contribution in [1.29, 1.82) is 0 Å². The summed E-state index contributed by atoms with van der Waals surface area (Å²) in [5.74, 6) is 0.158. The minimum atomic E-state index is 0.158. The van der Waals surface area contributed by atoms with Gasteiger partial charge < -0.3 is 5.32 Å². The lowest BCUT2D eigenvalue weighted by molar-refractivity contribution is -0.121. The molecule has 0 spiro atoms. The van der Waals surface area contributed by atoms with Gasteiger partial charge in [0.15, 0.2) is 0 Å². The molecule has 24 heavy (non-hydrogen) atoms. The van der Waals surface area contributed by atoms with Gasteiger partial charge in [0.1, 0.15) is 4.34 Å². The van der Waals surface area contributed by atoms with Crippen LogP contribution >= 0.6 is 23.1 Å². The minimum Gasteiger partial charge on any atom is -0.353 e. The van der Waals surface area contributed by atoms with E-state index in [4.69, 9.17) is 0 Å². The van der Waals surface area contributed by atoms with Crippen LogP contribution in [0.4, 0.5) is 0 Å². The third kappa shape index (κ3) is 5.31. The first-order chi connectivity index (χ1) is 11.7. The van der Waals surface area contributed by atoms with Gasteiger partial charge in [0.05, 0.1) is 0 Å². The summed E-state index contributed by atoms with van der Waals surface area (Å²) >= 11 is 3.64. The largest absolute Gasteiger partial charge is 0.353 e. The highest BCUT2D eigenvalue weighted by atomic mass is 32.2. The van der Waals surface area contributed by atoms with Crippen LogP contribution in [0.1, 0.15) is 43.4 Å². The molecule has 0 bridgehead atoms. The van der Waals surface area contributed by atoms with Gasteiger partial charge >= 0.3 is 0 Å². The van der Waals surface area contributed by atoms with Gasteiger partial charge in [-0.3, -0.25) is 9.78 Å². The molecule has 2 aromatic rings. The zero-order chi connectivity index (χ0) is 16.8. The monoisotopic (exact) mass is 361 g/mol. The molecule has 0 aliphatic heterocycles. The maximum atomic E-state index is 12.1. The summed E-state index contributed by atoms with van der Waals surface area (Å²) in [5, 5.41) is 5.94. The Morgan fingerprint density at radius 2 is 2.21 bits per heavy atom. The SMILES string of the molecule is Cc1csc(SC2CCC(NC(=O)CCc3cccnc3)CC2)n1. The molecule has 2 heterocycles. The smallest absolute Gasteiger partial charge is 0.220 e. The van der Waals surface area contributed by atoms with Gasteiger partial charge in [0, 0.05) is 41.2 Å². The van der Waals surface area contributed by atoms with Gasteiger partial charge in [-0.15, -0.1) is 11.3 Å². The van der Waals surface area contributed by atoms with Crippen molar-refractivity contribution >= 4 is 29.0 Å². The van der Waals surface area contributed by atoms with Crippen LogP contribution in [0.25, 0.3) is 0 Å². The molecule has 1 fully saturated rings. The Morgan fingerprint density at radius 3 is 2.88 bits per heavy atom. The number of hydrogen-bond acceptors (Lipinski definition) is 5. The highest BCUT2D eigenvalue weighted by molar-refractivity contribution is 8.01.